The van der Waals surface area contributed by atoms with Crippen molar-refractivity contribution < 1.29 is 9.47 Å². The lowest BCUT2D eigenvalue weighted by Gasteiger charge is -2.36. The molecule has 0 aromatic carbocycles. The van der Waals surface area contributed by atoms with Crippen molar-refractivity contribution in [2.45, 2.75) is 51.6 Å². The fraction of sp³-hybridized carbons (Fsp3) is 0.842. The van der Waals surface area contributed by atoms with E-state index in [0.29, 0.717) is 5.92 Å². The topological polar surface area (TPSA) is 39.5 Å². The van der Waals surface area contributed by atoms with Gasteiger partial charge in [-0.2, -0.15) is 0 Å². The summed E-state index contributed by atoms with van der Waals surface area (Å²) in [5, 5.41) is 0. The van der Waals surface area contributed by atoms with Crippen molar-refractivity contribution in [3.8, 4) is 0 Å². The Morgan fingerprint density at radius 3 is 2.71 bits per heavy atom. The highest BCUT2D eigenvalue weighted by molar-refractivity contribution is 5.22. The Kier molecular flexibility index (Phi) is 5.20. The summed E-state index contributed by atoms with van der Waals surface area (Å²) in [6, 6.07) is 0. The lowest BCUT2D eigenvalue weighted by atomic mass is 9.95. The molecule has 0 bridgehead atoms. The molecule has 5 heteroatoms. The van der Waals surface area contributed by atoms with Crippen LogP contribution in [0.15, 0.2) is 6.33 Å². The minimum atomic E-state index is 0.467. The van der Waals surface area contributed by atoms with Gasteiger partial charge in [0.2, 0.25) is 0 Å². The van der Waals surface area contributed by atoms with E-state index < -0.39 is 0 Å². The predicted octanol–water partition coefficient (Wildman–Crippen LogP) is 2.66. The number of fused-ring (bicyclic) bond motifs is 1. The van der Waals surface area contributed by atoms with Crippen LogP contribution in [0.5, 0.6) is 0 Å². The molecular weight excluding hydrogens is 302 g/mol. The third-order valence-electron chi connectivity index (χ3n) is 5.73. The molecule has 3 aliphatic rings. The van der Waals surface area contributed by atoms with Gasteiger partial charge in [0.05, 0.1) is 18.6 Å². The summed E-state index contributed by atoms with van der Waals surface area (Å²) in [6.07, 6.45) is 7.27. The van der Waals surface area contributed by atoms with E-state index in [4.69, 9.17) is 14.5 Å². The smallest absolute Gasteiger partial charge is 0.0952 e. The Balaban J connectivity index is 1.47. The Bertz CT molecular complexity index is 535. The van der Waals surface area contributed by atoms with E-state index in [1.165, 1.54) is 43.6 Å². The highest BCUT2D eigenvalue weighted by Gasteiger charge is 2.32. The molecule has 1 atom stereocenters. The van der Waals surface area contributed by atoms with Gasteiger partial charge in [-0.15, -0.1) is 0 Å². The zero-order chi connectivity index (χ0) is 16.4. The minimum absolute atomic E-state index is 0.467. The maximum atomic E-state index is 5.83. The monoisotopic (exact) mass is 333 g/mol. The van der Waals surface area contributed by atoms with Crippen molar-refractivity contribution in [3.63, 3.8) is 0 Å². The highest BCUT2D eigenvalue weighted by atomic mass is 16.5. The van der Waals surface area contributed by atoms with Gasteiger partial charge >= 0.3 is 0 Å². The largest absolute Gasteiger partial charge is 0.381 e. The van der Waals surface area contributed by atoms with E-state index in [-0.39, 0.29) is 0 Å². The lowest BCUT2D eigenvalue weighted by Crippen LogP contribution is -2.40. The number of imidazole rings is 1. The molecule has 4 rings (SSSR count). The van der Waals surface area contributed by atoms with Crippen LogP contribution < -0.4 is 0 Å². The van der Waals surface area contributed by atoms with Gasteiger partial charge < -0.3 is 14.0 Å². The van der Waals surface area contributed by atoms with E-state index in [1.807, 2.05) is 0 Å². The van der Waals surface area contributed by atoms with Crippen molar-refractivity contribution in [2.75, 3.05) is 39.5 Å². The number of rotatable bonds is 7. The predicted molar refractivity (Wildman–Crippen MR) is 93.0 cm³/mol. The summed E-state index contributed by atoms with van der Waals surface area (Å²) in [7, 11) is 0. The quantitative estimate of drug-likeness (QED) is 0.769. The number of ether oxygens (including phenoxy) is 2. The molecule has 0 amide bonds. The summed E-state index contributed by atoms with van der Waals surface area (Å²) >= 11 is 0. The van der Waals surface area contributed by atoms with Gasteiger partial charge in [-0.3, -0.25) is 4.90 Å². The first-order valence-corrected chi connectivity index (χ1v) is 9.75. The third kappa shape index (κ3) is 3.84. The minimum Gasteiger partial charge on any atom is -0.381 e. The van der Waals surface area contributed by atoms with Gasteiger partial charge in [0.25, 0.3) is 0 Å². The molecule has 1 saturated heterocycles. The molecule has 3 heterocycles. The van der Waals surface area contributed by atoms with Crippen LogP contribution in [0.2, 0.25) is 0 Å². The van der Waals surface area contributed by atoms with Crippen molar-refractivity contribution in [1.29, 1.82) is 0 Å². The zero-order valence-electron chi connectivity index (χ0n) is 15.0. The van der Waals surface area contributed by atoms with Crippen molar-refractivity contribution in [2.24, 2.45) is 11.8 Å². The van der Waals surface area contributed by atoms with Gasteiger partial charge in [-0.05, 0) is 44.4 Å². The van der Waals surface area contributed by atoms with Crippen LogP contribution in [0.4, 0.5) is 0 Å². The SMILES string of the molecule is CCOCC1CN(CC2CCOCC2)Cc2ncn(CC3CC3)c21. The van der Waals surface area contributed by atoms with Crippen molar-refractivity contribution >= 4 is 0 Å². The molecule has 0 spiro atoms. The average molecular weight is 333 g/mol. The van der Waals surface area contributed by atoms with Crippen LogP contribution in [0.25, 0.3) is 0 Å². The first kappa shape index (κ1) is 16.6. The maximum Gasteiger partial charge on any atom is 0.0952 e. The molecule has 1 aromatic rings. The fourth-order valence-corrected chi connectivity index (χ4v) is 4.25. The molecule has 0 radical (unpaired) electrons. The van der Waals surface area contributed by atoms with Crippen molar-refractivity contribution in [3.05, 3.63) is 17.7 Å². The Morgan fingerprint density at radius 1 is 1.17 bits per heavy atom. The fourth-order valence-electron chi connectivity index (χ4n) is 4.25. The van der Waals surface area contributed by atoms with Crippen LogP contribution in [0.1, 0.15) is 49.9 Å². The summed E-state index contributed by atoms with van der Waals surface area (Å²) in [5.41, 5.74) is 2.75. The highest BCUT2D eigenvalue weighted by Crippen LogP contribution is 2.35. The number of hydrogen-bond donors (Lipinski definition) is 0. The van der Waals surface area contributed by atoms with E-state index in [9.17, 15) is 0 Å². The maximum absolute atomic E-state index is 5.83. The molecule has 24 heavy (non-hydrogen) atoms. The molecule has 134 valence electrons. The molecular formula is C19H31N3O2. The Labute approximate surface area is 145 Å². The molecule has 5 nitrogen and oxygen atoms in total. The number of aromatic nitrogens is 2. The van der Waals surface area contributed by atoms with Gasteiger partial charge in [-0.25, -0.2) is 4.98 Å². The Hall–Kier alpha value is -0.910. The number of hydrogen-bond acceptors (Lipinski definition) is 4. The lowest BCUT2D eigenvalue weighted by molar-refractivity contribution is 0.0438. The van der Waals surface area contributed by atoms with E-state index in [0.717, 1.165) is 57.9 Å². The summed E-state index contributed by atoms with van der Waals surface area (Å²) in [5.74, 6) is 2.13. The second kappa shape index (κ2) is 7.54. The second-order valence-electron chi connectivity index (χ2n) is 7.78. The van der Waals surface area contributed by atoms with Crippen molar-refractivity contribution in [1.82, 2.24) is 14.5 Å². The van der Waals surface area contributed by atoms with Crippen LogP contribution in [-0.2, 0) is 22.6 Å². The van der Waals surface area contributed by atoms with E-state index in [2.05, 4.69) is 22.7 Å². The molecule has 2 fully saturated rings. The van der Waals surface area contributed by atoms with Gasteiger partial charge in [0, 0.05) is 57.6 Å². The van der Waals surface area contributed by atoms with Gasteiger partial charge in [0.15, 0.2) is 0 Å². The van der Waals surface area contributed by atoms with Crippen LogP contribution in [0, 0.1) is 11.8 Å². The van der Waals surface area contributed by atoms with Crippen LogP contribution in [0.3, 0.4) is 0 Å². The average Bonchev–Trinajstić information content (AvgIpc) is 3.33. The van der Waals surface area contributed by atoms with E-state index in [1.54, 1.807) is 0 Å². The summed E-state index contributed by atoms with van der Waals surface area (Å²) < 4.78 is 13.8. The molecule has 0 N–H and O–H groups in total. The first-order chi connectivity index (χ1) is 11.8. The van der Waals surface area contributed by atoms with Crippen LogP contribution in [-0.4, -0.2) is 54.0 Å². The van der Waals surface area contributed by atoms with Gasteiger partial charge in [-0.1, -0.05) is 0 Å². The third-order valence-corrected chi connectivity index (χ3v) is 5.73. The molecule has 2 aliphatic heterocycles. The molecule has 1 aliphatic carbocycles. The first-order valence-electron chi connectivity index (χ1n) is 9.75. The van der Waals surface area contributed by atoms with Crippen LogP contribution >= 0.6 is 0 Å². The Morgan fingerprint density at radius 2 is 1.96 bits per heavy atom. The normalized spacial score (nSPS) is 25.8. The second-order valence-corrected chi connectivity index (χ2v) is 7.78. The number of nitrogens with zero attached hydrogens (tertiary/aromatic N) is 3. The summed E-state index contributed by atoms with van der Waals surface area (Å²) in [6.45, 7) is 10.0. The van der Waals surface area contributed by atoms with E-state index >= 15 is 0 Å². The summed E-state index contributed by atoms with van der Waals surface area (Å²) in [4.78, 5) is 7.39. The molecule has 1 saturated carbocycles. The molecule has 1 unspecified atom stereocenters. The van der Waals surface area contributed by atoms with Gasteiger partial charge in [0.1, 0.15) is 0 Å². The molecule has 1 aromatic heterocycles. The standard InChI is InChI=1S/C19H31N3O2/c1-2-23-13-17-11-21(9-16-5-7-24-8-6-16)12-18-19(17)22(14-20-18)10-15-3-4-15/h14-17H,2-13H2,1H3. The zero-order valence-corrected chi connectivity index (χ0v) is 15.0.